The van der Waals surface area contributed by atoms with Gasteiger partial charge in [-0.25, -0.2) is 0 Å². The Morgan fingerprint density at radius 2 is 1.56 bits per heavy atom. The minimum Gasteiger partial charge on any atom is -0.318 e. The van der Waals surface area contributed by atoms with Crippen molar-refractivity contribution in [3.63, 3.8) is 0 Å². The topological polar surface area (TPSA) is 71.9 Å². The van der Waals surface area contributed by atoms with E-state index in [-0.39, 0.29) is 5.69 Å². The number of rotatable bonds is 5. The van der Waals surface area contributed by atoms with E-state index >= 15 is 0 Å². The molecule has 4 rings (SSSR count). The Balaban J connectivity index is 1.68. The first kappa shape index (κ1) is 20.8. The Morgan fingerprint density at radius 3 is 2.16 bits per heavy atom. The molecule has 0 aliphatic carbocycles. The highest BCUT2D eigenvalue weighted by atomic mass is 16.6. The summed E-state index contributed by atoms with van der Waals surface area (Å²) in [6, 6.07) is 28.9. The van der Waals surface area contributed by atoms with E-state index in [0.29, 0.717) is 11.1 Å². The number of nitrogens with zero attached hydrogens (tertiary/aromatic N) is 3. The Labute approximate surface area is 186 Å². The van der Waals surface area contributed by atoms with Crippen LogP contribution in [0.4, 0.5) is 5.69 Å². The number of allylic oxidation sites excluding steroid dienone is 1. The molecule has 0 spiro atoms. The van der Waals surface area contributed by atoms with E-state index in [1.165, 1.54) is 17.7 Å². The van der Waals surface area contributed by atoms with Crippen LogP contribution in [0.2, 0.25) is 0 Å². The van der Waals surface area contributed by atoms with Crippen molar-refractivity contribution in [3.8, 4) is 22.9 Å². The van der Waals surface area contributed by atoms with Crippen LogP contribution < -0.4 is 0 Å². The lowest BCUT2D eigenvalue weighted by Gasteiger charge is -2.11. The quantitative estimate of drug-likeness (QED) is 0.204. The van der Waals surface area contributed by atoms with Crippen LogP contribution in [0, 0.1) is 35.3 Å². The molecule has 0 unspecified atom stereocenters. The third kappa shape index (κ3) is 4.07. The van der Waals surface area contributed by atoms with Crippen molar-refractivity contribution in [2.24, 2.45) is 0 Å². The average Bonchev–Trinajstić information content (AvgIpc) is 3.10. The van der Waals surface area contributed by atoms with Gasteiger partial charge in [0.1, 0.15) is 0 Å². The normalized spacial score (nSPS) is 11.2. The highest BCUT2D eigenvalue weighted by Crippen LogP contribution is 2.27. The highest BCUT2D eigenvalue weighted by molar-refractivity contribution is 5.90. The predicted octanol–water partition coefficient (Wildman–Crippen LogP) is 6.73. The number of non-ortho nitro benzene ring substituents is 1. The fraction of sp³-hybridized carbons (Fsp3) is 0.0741. The monoisotopic (exact) mass is 419 g/mol. The van der Waals surface area contributed by atoms with Crippen LogP contribution in [0.5, 0.6) is 0 Å². The summed E-state index contributed by atoms with van der Waals surface area (Å²) in [5.41, 5.74) is 7.50. The zero-order chi connectivity index (χ0) is 22.7. The Hall–Kier alpha value is -4.43. The molecule has 0 radical (unpaired) electrons. The maximum atomic E-state index is 10.9. The number of nitriles is 1. The van der Waals surface area contributed by atoms with Gasteiger partial charge in [-0.3, -0.25) is 10.1 Å². The van der Waals surface area contributed by atoms with E-state index in [4.69, 9.17) is 0 Å². The average molecular weight is 419 g/mol. The van der Waals surface area contributed by atoms with Gasteiger partial charge in [-0.1, -0.05) is 42.5 Å². The van der Waals surface area contributed by atoms with Crippen LogP contribution in [-0.2, 0) is 0 Å². The summed E-state index contributed by atoms with van der Waals surface area (Å²) < 4.78 is 2.16. The lowest BCUT2D eigenvalue weighted by molar-refractivity contribution is -0.384. The lowest BCUT2D eigenvalue weighted by atomic mass is 10.0. The number of aromatic nitrogens is 1. The molecule has 0 saturated heterocycles. The molecule has 5 nitrogen and oxygen atoms in total. The van der Waals surface area contributed by atoms with E-state index in [0.717, 1.165) is 28.2 Å². The zero-order valence-electron chi connectivity index (χ0n) is 17.8. The third-order valence-electron chi connectivity index (χ3n) is 5.51. The van der Waals surface area contributed by atoms with Gasteiger partial charge >= 0.3 is 0 Å². The van der Waals surface area contributed by atoms with Crippen LogP contribution in [0.25, 0.3) is 28.5 Å². The molecule has 0 N–H and O–H groups in total. The van der Waals surface area contributed by atoms with E-state index in [1.54, 1.807) is 12.1 Å². The summed E-state index contributed by atoms with van der Waals surface area (Å²) in [5, 5.41) is 20.6. The minimum absolute atomic E-state index is 0.00293. The summed E-state index contributed by atoms with van der Waals surface area (Å²) in [6.07, 6.45) is 1.83. The first-order valence-electron chi connectivity index (χ1n) is 10.2. The van der Waals surface area contributed by atoms with Crippen LogP contribution in [0.1, 0.15) is 22.5 Å². The lowest BCUT2D eigenvalue weighted by Crippen LogP contribution is -1.99. The van der Waals surface area contributed by atoms with Crippen LogP contribution in [0.15, 0.2) is 84.9 Å². The van der Waals surface area contributed by atoms with Crippen molar-refractivity contribution in [1.82, 2.24) is 4.57 Å². The van der Waals surface area contributed by atoms with Gasteiger partial charge in [0.2, 0.25) is 0 Å². The summed E-state index contributed by atoms with van der Waals surface area (Å²) in [4.78, 5) is 10.4. The van der Waals surface area contributed by atoms with E-state index < -0.39 is 4.92 Å². The number of aryl methyl sites for hydroxylation is 1. The van der Waals surface area contributed by atoms with Crippen molar-refractivity contribution >= 4 is 17.3 Å². The van der Waals surface area contributed by atoms with Gasteiger partial charge in [0.25, 0.3) is 5.69 Å². The molecule has 5 heteroatoms. The number of nitro benzene ring substituents is 1. The maximum absolute atomic E-state index is 10.9. The first-order valence-corrected chi connectivity index (χ1v) is 10.2. The van der Waals surface area contributed by atoms with E-state index in [2.05, 4.69) is 47.0 Å². The van der Waals surface area contributed by atoms with Crippen LogP contribution in [0.3, 0.4) is 0 Å². The molecular formula is C27H21N3O2. The second kappa shape index (κ2) is 8.75. The van der Waals surface area contributed by atoms with Crippen molar-refractivity contribution in [2.75, 3.05) is 0 Å². The van der Waals surface area contributed by atoms with Gasteiger partial charge < -0.3 is 4.57 Å². The maximum Gasteiger partial charge on any atom is 0.269 e. The van der Waals surface area contributed by atoms with Crippen molar-refractivity contribution in [2.45, 2.75) is 13.8 Å². The zero-order valence-corrected chi connectivity index (χ0v) is 17.8. The minimum atomic E-state index is -0.448. The smallest absolute Gasteiger partial charge is 0.269 e. The number of nitro groups is 1. The van der Waals surface area contributed by atoms with E-state index in [9.17, 15) is 15.4 Å². The van der Waals surface area contributed by atoms with Crippen LogP contribution in [-0.4, -0.2) is 9.49 Å². The molecule has 1 aromatic heterocycles. The first-order chi connectivity index (χ1) is 15.5. The Bertz CT molecular complexity index is 1340. The molecule has 0 bridgehead atoms. The Morgan fingerprint density at radius 1 is 0.938 bits per heavy atom. The largest absolute Gasteiger partial charge is 0.318 e. The number of benzene rings is 3. The summed E-state index contributed by atoms with van der Waals surface area (Å²) >= 11 is 0. The fourth-order valence-electron chi connectivity index (χ4n) is 3.86. The van der Waals surface area contributed by atoms with Gasteiger partial charge in [0.15, 0.2) is 0 Å². The van der Waals surface area contributed by atoms with Crippen molar-refractivity contribution in [1.29, 1.82) is 5.26 Å². The molecule has 0 atom stereocenters. The molecule has 0 saturated carbocycles. The molecule has 0 aliphatic heterocycles. The molecule has 32 heavy (non-hydrogen) atoms. The standard InChI is InChI=1S/C27H21N3O2/c1-19-16-24(17-25(18-28)23-10-14-27(15-11-23)30(31)32)20(2)29(19)26-12-8-22(9-13-26)21-6-4-3-5-7-21/h3-17H,1-2H3/b25-17+. The van der Waals surface area contributed by atoms with E-state index in [1.807, 2.05) is 44.2 Å². The second-order valence-electron chi connectivity index (χ2n) is 7.55. The van der Waals surface area contributed by atoms with Gasteiger partial charge in [0.05, 0.1) is 16.6 Å². The molecule has 0 fully saturated rings. The third-order valence-corrected chi connectivity index (χ3v) is 5.51. The summed E-state index contributed by atoms with van der Waals surface area (Å²) in [7, 11) is 0. The number of hydrogen-bond acceptors (Lipinski definition) is 3. The molecule has 4 aromatic rings. The molecular weight excluding hydrogens is 398 g/mol. The highest BCUT2D eigenvalue weighted by Gasteiger charge is 2.12. The van der Waals surface area contributed by atoms with Gasteiger partial charge in [-0.2, -0.15) is 5.26 Å². The predicted molar refractivity (Wildman–Crippen MR) is 127 cm³/mol. The molecule has 0 aliphatic rings. The summed E-state index contributed by atoms with van der Waals surface area (Å²) in [6.45, 7) is 4.06. The van der Waals surface area contributed by atoms with Crippen molar-refractivity contribution < 1.29 is 4.92 Å². The summed E-state index contributed by atoms with van der Waals surface area (Å²) in [5.74, 6) is 0. The second-order valence-corrected chi connectivity index (χ2v) is 7.55. The SMILES string of the molecule is Cc1cc(/C=C(\C#N)c2ccc([N+](=O)[O-])cc2)c(C)n1-c1ccc(-c2ccccc2)cc1. The fourth-order valence-corrected chi connectivity index (χ4v) is 3.86. The Kier molecular flexibility index (Phi) is 5.69. The molecule has 0 amide bonds. The molecule has 1 heterocycles. The molecule has 3 aromatic carbocycles. The van der Waals surface area contributed by atoms with Gasteiger partial charge in [0, 0.05) is 29.2 Å². The van der Waals surface area contributed by atoms with Gasteiger partial charge in [-0.05, 0) is 72.5 Å². The van der Waals surface area contributed by atoms with Crippen molar-refractivity contribution in [3.05, 3.63) is 118 Å². The molecule has 156 valence electrons. The van der Waals surface area contributed by atoms with Crippen LogP contribution >= 0.6 is 0 Å². The number of hydrogen-bond donors (Lipinski definition) is 0. The van der Waals surface area contributed by atoms with Gasteiger partial charge in [-0.15, -0.1) is 0 Å².